The molecule has 3 heterocycles. The van der Waals surface area contributed by atoms with Crippen LogP contribution in [0.1, 0.15) is 49.1 Å². The second-order valence-corrected chi connectivity index (χ2v) is 7.62. The topological polar surface area (TPSA) is 95.6 Å². The standard InChI is InChI=1S/C19H31N5O2/c1-13-15(14(2)22-19(20)21-13)11-18(26)24-10-7-16(17(25)12-24)23-8-5-3-4-6-9-23/h16-17,25H,3-12H2,1-2H3,(H2,20,21,22)/t16-,17-/m0/s1. The third kappa shape index (κ3) is 4.32. The number of nitrogen functional groups attached to an aromatic ring is 1. The van der Waals surface area contributed by atoms with Gasteiger partial charge in [0.05, 0.1) is 12.5 Å². The van der Waals surface area contributed by atoms with E-state index >= 15 is 0 Å². The number of likely N-dealkylation sites (tertiary alicyclic amines) is 2. The predicted octanol–water partition coefficient (Wildman–Crippen LogP) is 1.06. The number of aromatic nitrogens is 2. The highest BCUT2D eigenvalue weighted by molar-refractivity contribution is 5.79. The van der Waals surface area contributed by atoms with Gasteiger partial charge in [-0.25, -0.2) is 9.97 Å². The van der Waals surface area contributed by atoms with Crippen LogP contribution in [0.4, 0.5) is 5.95 Å². The highest BCUT2D eigenvalue weighted by Gasteiger charge is 2.34. The zero-order valence-corrected chi connectivity index (χ0v) is 15.9. The van der Waals surface area contributed by atoms with E-state index in [0.29, 0.717) is 13.1 Å². The molecule has 2 aliphatic rings. The van der Waals surface area contributed by atoms with Crippen molar-refractivity contribution in [2.75, 3.05) is 31.9 Å². The first kappa shape index (κ1) is 19.0. The van der Waals surface area contributed by atoms with E-state index in [9.17, 15) is 9.90 Å². The van der Waals surface area contributed by atoms with E-state index in [2.05, 4.69) is 14.9 Å². The van der Waals surface area contributed by atoms with Crippen LogP contribution in [0, 0.1) is 13.8 Å². The Labute approximate surface area is 155 Å². The molecule has 1 amide bonds. The number of hydrogen-bond acceptors (Lipinski definition) is 6. The summed E-state index contributed by atoms with van der Waals surface area (Å²) in [6.07, 6.45) is 5.61. The number of nitrogens with two attached hydrogens (primary N) is 1. The third-order valence-electron chi connectivity index (χ3n) is 5.77. The van der Waals surface area contributed by atoms with Crippen LogP contribution in [0.25, 0.3) is 0 Å². The first-order chi connectivity index (χ1) is 12.5. The Morgan fingerprint density at radius 2 is 1.73 bits per heavy atom. The highest BCUT2D eigenvalue weighted by Crippen LogP contribution is 2.22. The molecule has 3 N–H and O–H groups in total. The Bertz CT molecular complexity index is 620. The largest absolute Gasteiger partial charge is 0.390 e. The van der Waals surface area contributed by atoms with E-state index in [4.69, 9.17) is 5.73 Å². The molecular weight excluding hydrogens is 330 g/mol. The molecule has 0 saturated carbocycles. The molecule has 2 saturated heterocycles. The number of anilines is 1. The summed E-state index contributed by atoms with van der Waals surface area (Å²) >= 11 is 0. The van der Waals surface area contributed by atoms with E-state index in [1.807, 2.05) is 13.8 Å². The highest BCUT2D eigenvalue weighted by atomic mass is 16.3. The van der Waals surface area contributed by atoms with Gasteiger partial charge in [0.25, 0.3) is 0 Å². The van der Waals surface area contributed by atoms with E-state index in [1.54, 1.807) is 4.90 Å². The molecule has 2 fully saturated rings. The molecule has 1 aromatic heterocycles. The molecule has 144 valence electrons. The number of rotatable bonds is 3. The number of aryl methyl sites for hydroxylation is 2. The fourth-order valence-corrected chi connectivity index (χ4v) is 4.28. The smallest absolute Gasteiger partial charge is 0.227 e. The lowest BCUT2D eigenvalue weighted by molar-refractivity contribution is -0.135. The quantitative estimate of drug-likeness (QED) is 0.836. The number of hydrogen-bond donors (Lipinski definition) is 2. The number of aliphatic hydroxyl groups is 1. The van der Waals surface area contributed by atoms with E-state index in [-0.39, 0.29) is 24.3 Å². The van der Waals surface area contributed by atoms with Crippen molar-refractivity contribution in [1.29, 1.82) is 0 Å². The monoisotopic (exact) mass is 361 g/mol. The Morgan fingerprint density at radius 1 is 1.12 bits per heavy atom. The van der Waals surface area contributed by atoms with Gasteiger partial charge in [-0.15, -0.1) is 0 Å². The Morgan fingerprint density at radius 3 is 2.31 bits per heavy atom. The summed E-state index contributed by atoms with van der Waals surface area (Å²) in [6, 6.07) is 0.181. The molecule has 26 heavy (non-hydrogen) atoms. The summed E-state index contributed by atoms with van der Waals surface area (Å²) in [4.78, 5) is 25.3. The van der Waals surface area contributed by atoms with Crippen molar-refractivity contribution >= 4 is 11.9 Å². The van der Waals surface area contributed by atoms with E-state index < -0.39 is 6.10 Å². The zero-order chi connectivity index (χ0) is 18.7. The molecule has 0 aromatic carbocycles. The van der Waals surface area contributed by atoms with Gasteiger partial charge in [0.2, 0.25) is 11.9 Å². The minimum absolute atomic E-state index is 0.0259. The summed E-state index contributed by atoms with van der Waals surface area (Å²) < 4.78 is 0. The molecule has 3 rings (SSSR count). The first-order valence-corrected chi connectivity index (χ1v) is 9.75. The fraction of sp³-hybridized carbons (Fsp3) is 0.737. The van der Waals surface area contributed by atoms with Gasteiger partial charge in [0.1, 0.15) is 0 Å². The molecule has 0 bridgehead atoms. The summed E-state index contributed by atoms with van der Waals surface area (Å²) in [6.45, 7) is 6.95. The SMILES string of the molecule is Cc1nc(N)nc(C)c1CC(=O)N1CC[C@H](N2CCCCCC2)[C@@H](O)C1. The summed E-state index contributed by atoms with van der Waals surface area (Å²) in [5.41, 5.74) is 8.01. The molecule has 0 radical (unpaired) electrons. The number of carbonyl (C=O) groups excluding carboxylic acids is 1. The third-order valence-corrected chi connectivity index (χ3v) is 5.77. The van der Waals surface area contributed by atoms with Gasteiger partial charge in [-0.2, -0.15) is 0 Å². The van der Waals surface area contributed by atoms with Gasteiger partial charge in [-0.1, -0.05) is 12.8 Å². The Hall–Kier alpha value is -1.73. The molecule has 1 aromatic rings. The van der Waals surface area contributed by atoms with Crippen LogP contribution >= 0.6 is 0 Å². The summed E-state index contributed by atoms with van der Waals surface area (Å²) in [5, 5.41) is 10.7. The van der Waals surface area contributed by atoms with Crippen molar-refractivity contribution < 1.29 is 9.90 Å². The molecule has 2 atom stereocenters. The number of carbonyl (C=O) groups is 1. The normalized spacial score (nSPS) is 25.1. The second kappa shape index (κ2) is 8.31. The summed E-state index contributed by atoms with van der Waals surface area (Å²) in [5.74, 6) is 0.267. The molecule has 0 unspecified atom stereocenters. The van der Waals surface area contributed by atoms with Gasteiger partial charge < -0.3 is 15.7 Å². The van der Waals surface area contributed by atoms with Crippen LogP contribution in [-0.2, 0) is 11.2 Å². The van der Waals surface area contributed by atoms with Gasteiger partial charge in [0.15, 0.2) is 0 Å². The van der Waals surface area contributed by atoms with Crippen molar-refractivity contribution in [3.05, 3.63) is 17.0 Å². The zero-order valence-electron chi connectivity index (χ0n) is 15.9. The number of piperidine rings is 1. The maximum Gasteiger partial charge on any atom is 0.227 e. The molecule has 2 aliphatic heterocycles. The lowest BCUT2D eigenvalue weighted by Gasteiger charge is -2.41. The first-order valence-electron chi connectivity index (χ1n) is 9.75. The van der Waals surface area contributed by atoms with Crippen LogP contribution in [0.3, 0.4) is 0 Å². The van der Waals surface area contributed by atoms with Crippen LogP contribution in [-0.4, -0.2) is 69.1 Å². The Balaban J connectivity index is 1.60. The number of amides is 1. The van der Waals surface area contributed by atoms with Gasteiger partial charge in [0, 0.05) is 36.1 Å². The lowest BCUT2D eigenvalue weighted by atomic mass is 9.98. The van der Waals surface area contributed by atoms with Crippen LogP contribution in [0.5, 0.6) is 0 Å². The van der Waals surface area contributed by atoms with Crippen molar-refractivity contribution in [3.8, 4) is 0 Å². The molecule has 7 heteroatoms. The molecule has 7 nitrogen and oxygen atoms in total. The van der Waals surface area contributed by atoms with Crippen LogP contribution < -0.4 is 5.73 Å². The maximum absolute atomic E-state index is 12.8. The predicted molar refractivity (Wildman–Crippen MR) is 101 cm³/mol. The minimum atomic E-state index is -0.476. The summed E-state index contributed by atoms with van der Waals surface area (Å²) in [7, 11) is 0. The lowest BCUT2D eigenvalue weighted by Crippen LogP contribution is -2.55. The van der Waals surface area contributed by atoms with Crippen molar-refractivity contribution in [2.45, 2.75) is 64.5 Å². The Kier molecular flexibility index (Phi) is 6.09. The number of nitrogens with zero attached hydrogens (tertiary/aromatic N) is 4. The van der Waals surface area contributed by atoms with Crippen molar-refractivity contribution in [3.63, 3.8) is 0 Å². The van der Waals surface area contributed by atoms with Crippen molar-refractivity contribution in [2.24, 2.45) is 0 Å². The van der Waals surface area contributed by atoms with Gasteiger partial charge >= 0.3 is 0 Å². The van der Waals surface area contributed by atoms with Gasteiger partial charge in [-0.3, -0.25) is 9.69 Å². The fourth-order valence-electron chi connectivity index (χ4n) is 4.28. The van der Waals surface area contributed by atoms with E-state index in [0.717, 1.165) is 36.5 Å². The average Bonchev–Trinajstić information content (AvgIpc) is 2.87. The van der Waals surface area contributed by atoms with Crippen LogP contribution in [0.2, 0.25) is 0 Å². The number of β-amino-alcohol motifs (C(OH)–C–C–N with tert-alkyl or cyclic N) is 1. The molecule has 0 spiro atoms. The second-order valence-electron chi connectivity index (χ2n) is 7.62. The van der Waals surface area contributed by atoms with E-state index in [1.165, 1.54) is 25.7 Å². The van der Waals surface area contributed by atoms with Crippen molar-refractivity contribution in [1.82, 2.24) is 19.8 Å². The maximum atomic E-state index is 12.8. The molecule has 0 aliphatic carbocycles. The van der Waals surface area contributed by atoms with Gasteiger partial charge in [-0.05, 0) is 46.2 Å². The average molecular weight is 361 g/mol. The number of aliphatic hydroxyl groups excluding tert-OH is 1. The van der Waals surface area contributed by atoms with Crippen LogP contribution in [0.15, 0.2) is 0 Å². The minimum Gasteiger partial charge on any atom is -0.390 e. The molecular formula is C19H31N5O2.